The number of benzene rings is 1. The number of rotatable bonds is 6. The second kappa shape index (κ2) is 8.21. The van der Waals surface area contributed by atoms with Gasteiger partial charge >= 0.3 is 0 Å². The number of carbonyl (C=O) groups excluding carboxylic acids is 2. The maximum absolute atomic E-state index is 12.9. The van der Waals surface area contributed by atoms with Gasteiger partial charge in [0.05, 0.1) is 24.4 Å². The molecule has 2 aromatic rings. The number of carbonyl (C=O) groups is 2. The van der Waals surface area contributed by atoms with Crippen molar-refractivity contribution in [2.45, 2.75) is 30.7 Å². The van der Waals surface area contributed by atoms with E-state index in [1.807, 2.05) is 6.07 Å². The maximum atomic E-state index is 12.9. The first kappa shape index (κ1) is 21.2. The summed E-state index contributed by atoms with van der Waals surface area (Å²) in [7, 11) is 0. The first-order chi connectivity index (χ1) is 14.8. The van der Waals surface area contributed by atoms with Crippen molar-refractivity contribution in [2.24, 2.45) is 0 Å². The summed E-state index contributed by atoms with van der Waals surface area (Å²) in [6.07, 6.45) is 3.35. The number of nitriles is 1. The molecule has 0 spiro atoms. The van der Waals surface area contributed by atoms with Crippen molar-refractivity contribution >= 4 is 23.0 Å². The van der Waals surface area contributed by atoms with Crippen LogP contribution in [0.2, 0.25) is 0 Å². The van der Waals surface area contributed by atoms with Gasteiger partial charge in [0, 0.05) is 32.5 Å². The van der Waals surface area contributed by atoms with Gasteiger partial charge in [-0.15, -0.1) is 0 Å². The SMILES string of the molecule is C[S+]([O-])C1(CN2CCn3c(ccc(C(=O)NCc4ccc(C#N)cc4)c3=O)C2=O)CC1. The number of amides is 2. The van der Waals surface area contributed by atoms with Crippen LogP contribution in [0, 0.1) is 11.3 Å². The molecular formula is C22H22N4O4S. The molecule has 1 N–H and O–H groups in total. The van der Waals surface area contributed by atoms with Crippen LogP contribution in [0.15, 0.2) is 41.2 Å². The lowest BCUT2D eigenvalue weighted by atomic mass is 10.1. The van der Waals surface area contributed by atoms with E-state index in [9.17, 15) is 18.9 Å². The van der Waals surface area contributed by atoms with E-state index < -0.39 is 22.6 Å². The molecule has 0 bridgehead atoms. The molecule has 160 valence electrons. The third-order valence-corrected chi connectivity index (χ3v) is 7.71. The van der Waals surface area contributed by atoms with E-state index in [4.69, 9.17) is 5.26 Å². The molecule has 2 amide bonds. The predicted octanol–water partition coefficient (Wildman–Crippen LogP) is 1.02. The van der Waals surface area contributed by atoms with Crippen LogP contribution < -0.4 is 10.9 Å². The molecule has 1 aromatic carbocycles. The number of hydrogen-bond donors (Lipinski definition) is 1. The van der Waals surface area contributed by atoms with Crippen LogP contribution in [0.4, 0.5) is 0 Å². The van der Waals surface area contributed by atoms with Gasteiger partial charge in [0.15, 0.2) is 0 Å². The fourth-order valence-corrected chi connectivity index (χ4v) is 4.81. The molecule has 1 saturated carbocycles. The molecule has 0 saturated heterocycles. The van der Waals surface area contributed by atoms with Crippen molar-refractivity contribution in [2.75, 3.05) is 19.3 Å². The highest BCUT2D eigenvalue weighted by Gasteiger charge is 2.54. The molecule has 2 aliphatic rings. The quantitative estimate of drug-likeness (QED) is 0.676. The Hall–Kier alpha value is -3.09. The molecule has 8 nitrogen and oxygen atoms in total. The second-order valence-electron chi connectivity index (χ2n) is 7.94. The topological polar surface area (TPSA) is 118 Å². The molecule has 1 atom stereocenters. The summed E-state index contributed by atoms with van der Waals surface area (Å²) in [6.45, 7) is 1.29. The van der Waals surface area contributed by atoms with Crippen molar-refractivity contribution < 1.29 is 14.1 Å². The van der Waals surface area contributed by atoms with Gasteiger partial charge in [0.25, 0.3) is 17.4 Å². The average Bonchev–Trinajstić information content (AvgIpc) is 3.56. The second-order valence-corrected chi connectivity index (χ2v) is 9.72. The summed E-state index contributed by atoms with van der Waals surface area (Å²) < 4.78 is 13.0. The number of pyridine rings is 1. The minimum Gasteiger partial charge on any atom is -0.616 e. The Bertz CT molecular complexity index is 1130. The van der Waals surface area contributed by atoms with Gasteiger partial charge in [0.1, 0.15) is 16.0 Å². The van der Waals surface area contributed by atoms with E-state index in [0.717, 1.165) is 18.4 Å². The van der Waals surface area contributed by atoms with Gasteiger partial charge in [-0.3, -0.25) is 14.4 Å². The normalized spacial score (nSPS) is 17.5. The van der Waals surface area contributed by atoms with E-state index in [-0.39, 0.29) is 28.5 Å². The number of nitrogens with zero attached hydrogens (tertiary/aromatic N) is 3. The first-order valence-electron chi connectivity index (χ1n) is 9.98. The van der Waals surface area contributed by atoms with E-state index in [1.165, 1.54) is 16.7 Å². The smallest absolute Gasteiger partial charge is 0.270 e. The molecule has 1 unspecified atom stereocenters. The van der Waals surface area contributed by atoms with Gasteiger partial charge in [0.2, 0.25) is 0 Å². The van der Waals surface area contributed by atoms with Crippen molar-refractivity contribution in [3.8, 4) is 6.07 Å². The van der Waals surface area contributed by atoms with Crippen LogP contribution in [-0.4, -0.2) is 49.9 Å². The fraction of sp³-hybridized carbons (Fsp3) is 0.364. The zero-order valence-corrected chi connectivity index (χ0v) is 17.9. The molecular weight excluding hydrogens is 416 g/mol. The van der Waals surface area contributed by atoms with E-state index in [2.05, 4.69) is 5.32 Å². The Morgan fingerprint density at radius 2 is 1.90 bits per heavy atom. The highest BCUT2D eigenvalue weighted by molar-refractivity contribution is 7.92. The van der Waals surface area contributed by atoms with E-state index in [0.29, 0.717) is 25.2 Å². The van der Waals surface area contributed by atoms with Gasteiger partial charge in [-0.1, -0.05) is 12.1 Å². The van der Waals surface area contributed by atoms with Crippen LogP contribution in [0.3, 0.4) is 0 Å². The number of nitrogens with one attached hydrogen (secondary N) is 1. The van der Waals surface area contributed by atoms with Gasteiger partial charge in [-0.25, -0.2) is 0 Å². The lowest BCUT2D eigenvalue weighted by Crippen LogP contribution is -2.49. The van der Waals surface area contributed by atoms with Crippen LogP contribution in [0.25, 0.3) is 0 Å². The largest absolute Gasteiger partial charge is 0.616 e. The summed E-state index contributed by atoms with van der Waals surface area (Å²) in [5.41, 5.74) is 1.06. The molecule has 4 rings (SSSR count). The van der Waals surface area contributed by atoms with E-state index >= 15 is 0 Å². The summed E-state index contributed by atoms with van der Waals surface area (Å²) in [5.74, 6) is -0.789. The summed E-state index contributed by atoms with van der Waals surface area (Å²) in [4.78, 5) is 40.0. The molecule has 9 heteroatoms. The fourth-order valence-electron chi connectivity index (χ4n) is 3.79. The Kier molecular flexibility index (Phi) is 5.60. The molecule has 1 aliphatic heterocycles. The monoisotopic (exact) mass is 438 g/mol. The summed E-state index contributed by atoms with van der Waals surface area (Å²) in [6, 6.07) is 11.7. The van der Waals surface area contributed by atoms with E-state index in [1.54, 1.807) is 35.4 Å². The van der Waals surface area contributed by atoms with Gasteiger partial charge in [-0.05, 0) is 41.0 Å². The van der Waals surface area contributed by atoms with Crippen LogP contribution >= 0.6 is 0 Å². The molecule has 31 heavy (non-hydrogen) atoms. The van der Waals surface area contributed by atoms with Crippen LogP contribution in [-0.2, 0) is 24.3 Å². The molecule has 1 aliphatic carbocycles. The number of hydrogen-bond acceptors (Lipinski definition) is 5. The zero-order valence-electron chi connectivity index (χ0n) is 17.1. The first-order valence-corrected chi connectivity index (χ1v) is 11.5. The maximum Gasteiger partial charge on any atom is 0.270 e. The highest BCUT2D eigenvalue weighted by atomic mass is 32.2. The van der Waals surface area contributed by atoms with Crippen LogP contribution in [0.1, 0.15) is 44.8 Å². The van der Waals surface area contributed by atoms with Crippen molar-refractivity contribution in [3.05, 3.63) is 69.1 Å². The van der Waals surface area contributed by atoms with Crippen LogP contribution in [0.5, 0.6) is 0 Å². The third kappa shape index (κ3) is 4.09. The average molecular weight is 439 g/mol. The minimum absolute atomic E-state index is 0.0213. The highest BCUT2D eigenvalue weighted by Crippen LogP contribution is 2.44. The van der Waals surface area contributed by atoms with Gasteiger partial charge in [-0.2, -0.15) is 5.26 Å². The molecule has 1 fully saturated rings. The lowest BCUT2D eigenvalue weighted by molar-refractivity contribution is 0.0695. The van der Waals surface area contributed by atoms with Crippen molar-refractivity contribution in [1.82, 2.24) is 14.8 Å². The summed E-state index contributed by atoms with van der Waals surface area (Å²) >= 11 is -1.00. The van der Waals surface area contributed by atoms with Crippen molar-refractivity contribution in [1.29, 1.82) is 5.26 Å². The Morgan fingerprint density at radius 1 is 1.19 bits per heavy atom. The zero-order chi connectivity index (χ0) is 22.2. The molecule has 2 heterocycles. The Balaban J connectivity index is 1.47. The number of aromatic nitrogens is 1. The minimum atomic E-state index is -1.00. The lowest BCUT2D eigenvalue weighted by Gasteiger charge is -2.32. The Morgan fingerprint density at radius 3 is 2.52 bits per heavy atom. The Labute approximate surface area is 182 Å². The van der Waals surface area contributed by atoms with Gasteiger partial charge < -0.3 is 19.3 Å². The third-order valence-electron chi connectivity index (χ3n) is 5.95. The molecule has 0 radical (unpaired) electrons. The molecule has 1 aromatic heterocycles. The van der Waals surface area contributed by atoms with Crippen molar-refractivity contribution in [3.63, 3.8) is 0 Å². The summed E-state index contributed by atoms with van der Waals surface area (Å²) in [5, 5.41) is 11.6. The standard InChI is InChI=1S/C22H22N4O4S/c1-31(30)22(8-9-22)14-25-10-11-26-18(21(25)29)7-6-17(20(26)28)19(27)24-13-16-4-2-15(12-23)3-5-16/h2-7H,8-11,13-14H2,1H3,(H,24,27). The number of fused-ring (bicyclic) bond motifs is 1. The predicted molar refractivity (Wildman–Crippen MR) is 115 cm³/mol.